The standard InChI is InChI=1S/C24H23N3O4/c1-27(2)13-14-30-22-12-11-20-18(15-25-19-9-5-6-10-21(19)31-20)23(22)16-7-3-4-8-17(16)24(28)26-29/h3-12,15,29H,13-14H2,1-2H3,(H,26,28). The van der Waals surface area contributed by atoms with Crippen molar-refractivity contribution in [1.29, 1.82) is 0 Å². The predicted molar refractivity (Wildman–Crippen MR) is 119 cm³/mol. The number of amides is 1. The van der Waals surface area contributed by atoms with E-state index in [-0.39, 0.29) is 0 Å². The average Bonchev–Trinajstić information content (AvgIpc) is 2.97. The van der Waals surface area contributed by atoms with Crippen molar-refractivity contribution in [3.63, 3.8) is 0 Å². The van der Waals surface area contributed by atoms with Gasteiger partial charge in [0.2, 0.25) is 0 Å². The first-order valence-corrected chi connectivity index (χ1v) is 9.88. The SMILES string of the molecule is CN(C)CCOc1ccc2c(c1-c1ccccc1C(=O)NO)C=Nc1ccccc1O2. The zero-order valence-corrected chi connectivity index (χ0v) is 17.3. The third kappa shape index (κ3) is 4.28. The first-order chi connectivity index (χ1) is 15.1. The lowest BCUT2D eigenvalue weighted by molar-refractivity contribution is 0.0707. The van der Waals surface area contributed by atoms with Gasteiger partial charge in [-0.3, -0.25) is 15.0 Å². The fraction of sp³-hybridized carbons (Fsp3) is 0.167. The van der Waals surface area contributed by atoms with Crippen LogP contribution in [0.15, 0.2) is 65.7 Å². The molecule has 0 aromatic heterocycles. The molecule has 0 fully saturated rings. The van der Waals surface area contributed by atoms with E-state index in [4.69, 9.17) is 9.47 Å². The highest BCUT2D eigenvalue weighted by molar-refractivity contribution is 6.05. The normalized spacial score (nSPS) is 11.9. The van der Waals surface area contributed by atoms with Crippen LogP contribution in [0.5, 0.6) is 17.2 Å². The molecule has 4 rings (SSSR count). The van der Waals surface area contributed by atoms with Gasteiger partial charge >= 0.3 is 0 Å². The second-order valence-corrected chi connectivity index (χ2v) is 7.32. The Kier molecular flexibility index (Phi) is 5.97. The minimum atomic E-state index is -0.609. The molecule has 1 heterocycles. The summed E-state index contributed by atoms with van der Waals surface area (Å²) in [5, 5.41) is 9.25. The molecule has 0 radical (unpaired) electrons. The summed E-state index contributed by atoms with van der Waals surface area (Å²) in [4.78, 5) is 19.0. The molecule has 2 N–H and O–H groups in total. The highest BCUT2D eigenvalue weighted by Gasteiger charge is 2.23. The smallest absolute Gasteiger partial charge is 0.275 e. The maximum Gasteiger partial charge on any atom is 0.275 e. The van der Waals surface area contributed by atoms with E-state index in [0.29, 0.717) is 51.8 Å². The number of nitrogens with zero attached hydrogens (tertiary/aromatic N) is 2. The van der Waals surface area contributed by atoms with Gasteiger partial charge in [0.05, 0.1) is 0 Å². The van der Waals surface area contributed by atoms with Crippen molar-refractivity contribution in [2.75, 3.05) is 27.2 Å². The van der Waals surface area contributed by atoms with Gasteiger partial charge in [-0.15, -0.1) is 0 Å². The van der Waals surface area contributed by atoms with Crippen LogP contribution in [-0.2, 0) is 0 Å². The number of fused-ring (bicyclic) bond motifs is 2. The topological polar surface area (TPSA) is 83.4 Å². The predicted octanol–water partition coefficient (Wildman–Crippen LogP) is 4.27. The van der Waals surface area contributed by atoms with E-state index in [0.717, 1.165) is 6.54 Å². The van der Waals surface area contributed by atoms with Crippen LogP contribution >= 0.6 is 0 Å². The zero-order chi connectivity index (χ0) is 21.8. The van der Waals surface area contributed by atoms with E-state index < -0.39 is 5.91 Å². The Morgan fingerprint density at radius 1 is 1.06 bits per heavy atom. The lowest BCUT2D eigenvalue weighted by atomic mass is 9.93. The number of nitrogens with one attached hydrogen (secondary N) is 1. The van der Waals surface area contributed by atoms with Crippen molar-refractivity contribution >= 4 is 17.8 Å². The molecule has 1 aliphatic rings. The number of carbonyl (C=O) groups excluding carboxylic acids is 1. The first kappa shape index (κ1) is 20.6. The molecule has 0 saturated heterocycles. The minimum absolute atomic E-state index is 0.311. The Labute approximate surface area is 180 Å². The van der Waals surface area contributed by atoms with Gasteiger partial charge in [0, 0.05) is 29.4 Å². The van der Waals surface area contributed by atoms with Gasteiger partial charge in [0.25, 0.3) is 5.91 Å². The van der Waals surface area contributed by atoms with Gasteiger partial charge < -0.3 is 14.4 Å². The molecule has 1 aliphatic heterocycles. The molecule has 1 amide bonds. The lowest BCUT2D eigenvalue weighted by Gasteiger charge is -2.19. The van der Waals surface area contributed by atoms with E-state index in [9.17, 15) is 10.0 Å². The monoisotopic (exact) mass is 417 g/mol. The third-order valence-corrected chi connectivity index (χ3v) is 4.92. The Morgan fingerprint density at radius 2 is 1.84 bits per heavy atom. The molecule has 0 aliphatic carbocycles. The summed E-state index contributed by atoms with van der Waals surface area (Å²) in [6.07, 6.45) is 1.73. The fourth-order valence-electron chi connectivity index (χ4n) is 3.40. The van der Waals surface area contributed by atoms with Gasteiger partial charge in [0.1, 0.15) is 23.8 Å². The van der Waals surface area contributed by atoms with Gasteiger partial charge in [0.15, 0.2) is 5.75 Å². The van der Waals surface area contributed by atoms with Crippen LogP contribution in [0.3, 0.4) is 0 Å². The summed E-state index contributed by atoms with van der Waals surface area (Å²) in [5.74, 6) is 1.23. The highest BCUT2D eigenvalue weighted by Crippen LogP contribution is 2.44. The van der Waals surface area contributed by atoms with Gasteiger partial charge in [-0.05, 0) is 50.0 Å². The van der Waals surface area contributed by atoms with Crippen LogP contribution in [0, 0.1) is 0 Å². The molecule has 0 atom stereocenters. The number of ether oxygens (including phenoxy) is 2. The van der Waals surface area contributed by atoms with E-state index in [2.05, 4.69) is 4.99 Å². The Bertz CT molecular complexity index is 1140. The zero-order valence-electron chi connectivity index (χ0n) is 17.3. The number of rotatable bonds is 6. The van der Waals surface area contributed by atoms with Crippen molar-refractivity contribution in [3.05, 3.63) is 71.8 Å². The van der Waals surface area contributed by atoms with Crippen molar-refractivity contribution < 1.29 is 19.5 Å². The minimum Gasteiger partial charge on any atom is -0.492 e. The van der Waals surface area contributed by atoms with E-state index in [1.165, 1.54) is 0 Å². The number of carbonyl (C=O) groups is 1. The number of para-hydroxylation sites is 2. The molecule has 158 valence electrons. The molecular weight excluding hydrogens is 394 g/mol. The fourth-order valence-corrected chi connectivity index (χ4v) is 3.40. The van der Waals surface area contributed by atoms with Crippen LogP contribution < -0.4 is 15.0 Å². The molecule has 0 bridgehead atoms. The summed E-state index contributed by atoms with van der Waals surface area (Å²) < 4.78 is 12.3. The van der Waals surface area contributed by atoms with Crippen LogP contribution in [0.4, 0.5) is 5.69 Å². The summed E-state index contributed by atoms with van der Waals surface area (Å²) in [6, 6.07) is 18.2. The first-order valence-electron chi connectivity index (χ1n) is 9.88. The van der Waals surface area contributed by atoms with Crippen molar-refractivity contribution in [3.8, 4) is 28.4 Å². The van der Waals surface area contributed by atoms with Crippen LogP contribution in [0.25, 0.3) is 11.1 Å². The highest BCUT2D eigenvalue weighted by atomic mass is 16.5. The van der Waals surface area contributed by atoms with Crippen molar-refractivity contribution in [2.24, 2.45) is 4.99 Å². The molecule has 3 aromatic rings. The summed E-state index contributed by atoms with van der Waals surface area (Å²) in [5.41, 5.74) is 4.71. The van der Waals surface area contributed by atoms with Gasteiger partial charge in [-0.1, -0.05) is 30.3 Å². The molecular formula is C24H23N3O4. The van der Waals surface area contributed by atoms with Crippen LogP contribution in [-0.4, -0.2) is 49.5 Å². The maximum absolute atomic E-state index is 12.4. The Hall–Kier alpha value is -3.68. The Balaban J connectivity index is 1.89. The van der Waals surface area contributed by atoms with E-state index in [1.807, 2.05) is 67.5 Å². The number of benzene rings is 3. The van der Waals surface area contributed by atoms with Crippen molar-refractivity contribution in [1.82, 2.24) is 10.4 Å². The number of hydrogen-bond acceptors (Lipinski definition) is 6. The van der Waals surface area contributed by atoms with Gasteiger partial charge in [-0.25, -0.2) is 5.48 Å². The van der Waals surface area contributed by atoms with Crippen LogP contribution in [0.1, 0.15) is 15.9 Å². The van der Waals surface area contributed by atoms with E-state index >= 15 is 0 Å². The second-order valence-electron chi connectivity index (χ2n) is 7.32. The molecule has 0 unspecified atom stereocenters. The average molecular weight is 417 g/mol. The molecule has 31 heavy (non-hydrogen) atoms. The Morgan fingerprint density at radius 3 is 2.65 bits per heavy atom. The number of aliphatic imine (C=N–C) groups is 1. The van der Waals surface area contributed by atoms with Crippen molar-refractivity contribution in [2.45, 2.75) is 0 Å². The second kappa shape index (κ2) is 8.99. The quantitative estimate of drug-likeness (QED) is 0.362. The summed E-state index contributed by atoms with van der Waals surface area (Å²) in [7, 11) is 3.94. The lowest BCUT2D eigenvalue weighted by Crippen LogP contribution is -2.20. The molecule has 7 heteroatoms. The van der Waals surface area contributed by atoms with Crippen LogP contribution in [0.2, 0.25) is 0 Å². The number of hydroxylamine groups is 1. The van der Waals surface area contributed by atoms with Gasteiger partial charge in [-0.2, -0.15) is 0 Å². The number of likely N-dealkylation sites (N-methyl/N-ethyl adjacent to an activating group) is 1. The molecule has 0 saturated carbocycles. The largest absolute Gasteiger partial charge is 0.492 e. The van der Waals surface area contributed by atoms with E-state index in [1.54, 1.807) is 23.8 Å². The maximum atomic E-state index is 12.4. The third-order valence-electron chi connectivity index (χ3n) is 4.92. The molecule has 3 aromatic carbocycles. The number of hydrogen-bond donors (Lipinski definition) is 2. The summed E-state index contributed by atoms with van der Waals surface area (Å²) in [6.45, 7) is 1.19. The molecule has 7 nitrogen and oxygen atoms in total. The molecule has 0 spiro atoms. The summed E-state index contributed by atoms with van der Waals surface area (Å²) >= 11 is 0.